The van der Waals surface area contributed by atoms with Crippen LogP contribution in [0.5, 0.6) is 0 Å². The first-order chi connectivity index (χ1) is 5.66. The molecule has 0 radical (unpaired) electrons. The number of nitrogens with two attached hydrogens (primary N) is 1. The highest BCUT2D eigenvalue weighted by atomic mass is 16.4. The van der Waals surface area contributed by atoms with E-state index in [0.29, 0.717) is 6.42 Å². The van der Waals surface area contributed by atoms with E-state index in [-0.39, 0.29) is 5.84 Å². The maximum absolute atomic E-state index is 8.21. The minimum Gasteiger partial charge on any atom is -0.409 e. The van der Waals surface area contributed by atoms with Crippen LogP contribution in [0.4, 0.5) is 0 Å². The van der Waals surface area contributed by atoms with Crippen LogP contribution in [-0.4, -0.2) is 24.1 Å². The molecule has 0 fully saturated rings. The molecule has 4 N–H and O–H groups in total. The van der Waals surface area contributed by atoms with Gasteiger partial charge in [-0.2, -0.15) is 0 Å². The van der Waals surface area contributed by atoms with Gasteiger partial charge in [0, 0.05) is 13.0 Å². The quantitative estimate of drug-likeness (QED) is 0.182. The Kier molecular flexibility index (Phi) is 6.47. The summed E-state index contributed by atoms with van der Waals surface area (Å²) in [6, 6.07) is 0. The first kappa shape index (κ1) is 11.2. The predicted molar refractivity (Wildman–Crippen MR) is 50.4 cm³/mol. The van der Waals surface area contributed by atoms with Crippen LogP contribution in [0.25, 0.3) is 0 Å². The molecule has 0 amide bonds. The standard InChI is InChI=1S/C8H19N3O/c1-7(2)3-5-10-6-4-8(9)11-12/h7,10,12H,3-6H2,1-2H3,(H2,9,11). The van der Waals surface area contributed by atoms with Gasteiger partial charge in [0.1, 0.15) is 5.84 Å². The van der Waals surface area contributed by atoms with Gasteiger partial charge in [0.05, 0.1) is 0 Å². The second-order valence-electron chi connectivity index (χ2n) is 3.27. The Morgan fingerprint density at radius 2 is 2.17 bits per heavy atom. The van der Waals surface area contributed by atoms with E-state index < -0.39 is 0 Å². The molecule has 0 bridgehead atoms. The smallest absolute Gasteiger partial charge is 0.140 e. The fourth-order valence-corrected chi connectivity index (χ4v) is 0.782. The molecule has 0 saturated heterocycles. The van der Waals surface area contributed by atoms with Crippen molar-refractivity contribution in [1.82, 2.24) is 5.32 Å². The van der Waals surface area contributed by atoms with E-state index in [1.165, 1.54) is 0 Å². The molecule has 0 rings (SSSR count). The highest BCUT2D eigenvalue weighted by molar-refractivity contribution is 5.79. The third-order valence-electron chi connectivity index (χ3n) is 1.58. The molecule has 0 aliphatic rings. The molecule has 0 aliphatic heterocycles. The van der Waals surface area contributed by atoms with E-state index in [0.717, 1.165) is 25.4 Å². The van der Waals surface area contributed by atoms with E-state index in [1.54, 1.807) is 0 Å². The second-order valence-corrected chi connectivity index (χ2v) is 3.27. The van der Waals surface area contributed by atoms with Crippen molar-refractivity contribution in [3.8, 4) is 0 Å². The molecular formula is C8H19N3O. The fourth-order valence-electron chi connectivity index (χ4n) is 0.782. The number of hydrogen-bond acceptors (Lipinski definition) is 3. The van der Waals surface area contributed by atoms with Gasteiger partial charge >= 0.3 is 0 Å². The van der Waals surface area contributed by atoms with Crippen LogP contribution in [0.1, 0.15) is 26.7 Å². The van der Waals surface area contributed by atoms with Crippen LogP contribution in [0.3, 0.4) is 0 Å². The molecule has 0 saturated carbocycles. The lowest BCUT2D eigenvalue weighted by Gasteiger charge is -2.05. The highest BCUT2D eigenvalue weighted by Crippen LogP contribution is 1.95. The highest BCUT2D eigenvalue weighted by Gasteiger charge is 1.94. The number of oxime groups is 1. The van der Waals surface area contributed by atoms with E-state index >= 15 is 0 Å². The van der Waals surface area contributed by atoms with Crippen molar-refractivity contribution in [2.75, 3.05) is 13.1 Å². The topological polar surface area (TPSA) is 70.6 Å². The van der Waals surface area contributed by atoms with Crippen molar-refractivity contribution < 1.29 is 5.21 Å². The third-order valence-corrected chi connectivity index (χ3v) is 1.58. The lowest BCUT2D eigenvalue weighted by molar-refractivity contribution is 0.316. The van der Waals surface area contributed by atoms with Gasteiger partial charge in [-0.3, -0.25) is 0 Å². The van der Waals surface area contributed by atoms with Crippen molar-refractivity contribution in [1.29, 1.82) is 0 Å². The van der Waals surface area contributed by atoms with Crippen molar-refractivity contribution in [2.45, 2.75) is 26.7 Å². The van der Waals surface area contributed by atoms with Gasteiger partial charge < -0.3 is 16.3 Å². The van der Waals surface area contributed by atoms with E-state index in [9.17, 15) is 0 Å². The summed E-state index contributed by atoms with van der Waals surface area (Å²) < 4.78 is 0. The molecule has 0 heterocycles. The molecule has 0 spiro atoms. The number of nitrogens with one attached hydrogen (secondary N) is 1. The largest absolute Gasteiger partial charge is 0.409 e. The van der Waals surface area contributed by atoms with Crippen molar-refractivity contribution >= 4 is 5.84 Å². The Morgan fingerprint density at radius 1 is 1.50 bits per heavy atom. The third kappa shape index (κ3) is 7.34. The van der Waals surface area contributed by atoms with Crippen LogP contribution >= 0.6 is 0 Å². The average Bonchev–Trinajstić information content (AvgIpc) is 2.03. The van der Waals surface area contributed by atoms with Gasteiger partial charge in [-0.15, -0.1) is 0 Å². The lowest BCUT2D eigenvalue weighted by Crippen LogP contribution is -2.23. The SMILES string of the molecule is CC(C)CCNCCC(N)=NO. The van der Waals surface area contributed by atoms with E-state index in [1.807, 2.05) is 0 Å². The molecule has 4 nitrogen and oxygen atoms in total. The van der Waals surface area contributed by atoms with Gasteiger partial charge in [-0.1, -0.05) is 19.0 Å². The Morgan fingerprint density at radius 3 is 2.67 bits per heavy atom. The van der Waals surface area contributed by atoms with Crippen molar-refractivity contribution in [3.63, 3.8) is 0 Å². The molecule has 0 unspecified atom stereocenters. The Bertz CT molecular complexity index is 134. The Balaban J connectivity index is 3.11. The molecule has 0 aromatic rings. The summed E-state index contributed by atoms with van der Waals surface area (Å²) in [6.45, 7) is 6.15. The zero-order valence-electron chi connectivity index (χ0n) is 7.88. The molecule has 0 aromatic carbocycles. The maximum atomic E-state index is 8.21. The van der Waals surface area contributed by atoms with Crippen LogP contribution < -0.4 is 11.1 Å². The summed E-state index contributed by atoms with van der Waals surface area (Å²) in [4.78, 5) is 0. The van der Waals surface area contributed by atoms with Crippen molar-refractivity contribution in [2.24, 2.45) is 16.8 Å². The molecular weight excluding hydrogens is 154 g/mol. The zero-order chi connectivity index (χ0) is 9.40. The number of rotatable bonds is 6. The molecule has 4 heteroatoms. The van der Waals surface area contributed by atoms with Crippen LogP contribution in [0, 0.1) is 5.92 Å². The summed E-state index contributed by atoms with van der Waals surface area (Å²) in [5.41, 5.74) is 5.27. The molecule has 72 valence electrons. The van der Waals surface area contributed by atoms with Gasteiger partial charge in [-0.05, 0) is 18.9 Å². The molecule has 0 aromatic heterocycles. The Hall–Kier alpha value is -0.770. The molecule has 0 aliphatic carbocycles. The monoisotopic (exact) mass is 173 g/mol. The average molecular weight is 173 g/mol. The first-order valence-electron chi connectivity index (χ1n) is 4.34. The minimum atomic E-state index is 0.284. The molecule has 0 atom stereocenters. The van der Waals surface area contributed by atoms with Crippen LogP contribution in [-0.2, 0) is 0 Å². The first-order valence-corrected chi connectivity index (χ1v) is 4.34. The van der Waals surface area contributed by atoms with Crippen molar-refractivity contribution in [3.05, 3.63) is 0 Å². The number of nitrogens with zero attached hydrogens (tertiary/aromatic N) is 1. The van der Waals surface area contributed by atoms with E-state index in [4.69, 9.17) is 10.9 Å². The maximum Gasteiger partial charge on any atom is 0.140 e. The number of hydrogen-bond donors (Lipinski definition) is 3. The van der Waals surface area contributed by atoms with Crippen LogP contribution in [0.2, 0.25) is 0 Å². The summed E-state index contributed by atoms with van der Waals surface area (Å²) in [6.07, 6.45) is 1.77. The molecule has 12 heavy (non-hydrogen) atoms. The van der Waals surface area contributed by atoms with Crippen LogP contribution in [0.15, 0.2) is 5.16 Å². The fraction of sp³-hybridized carbons (Fsp3) is 0.875. The second kappa shape index (κ2) is 6.91. The lowest BCUT2D eigenvalue weighted by atomic mass is 10.1. The van der Waals surface area contributed by atoms with Gasteiger partial charge in [0.25, 0.3) is 0 Å². The van der Waals surface area contributed by atoms with Gasteiger partial charge in [0.15, 0.2) is 0 Å². The normalized spacial score (nSPS) is 12.4. The Labute approximate surface area is 73.8 Å². The summed E-state index contributed by atoms with van der Waals surface area (Å²) in [7, 11) is 0. The minimum absolute atomic E-state index is 0.284. The summed E-state index contributed by atoms with van der Waals surface area (Å²) in [5.74, 6) is 1.01. The number of amidine groups is 1. The summed E-state index contributed by atoms with van der Waals surface area (Å²) in [5, 5.41) is 14.3. The van der Waals surface area contributed by atoms with Gasteiger partial charge in [-0.25, -0.2) is 0 Å². The van der Waals surface area contributed by atoms with Gasteiger partial charge in [0.2, 0.25) is 0 Å². The summed E-state index contributed by atoms with van der Waals surface area (Å²) >= 11 is 0. The zero-order valence-corrected chi connectivity index (χ0v) is 7.88. The predicted octanol–water partition coefficient (Wildman–Crippen LogP) is 0.759. The van der Waals surface area contributed by atoms with E-state index in [2.05, 4.69) is 24.3 Å².